The minimum Gasteiger partial charge on any atom is -0.480 e. The number of methoxy groups -OCH3 is 1. The van der Waals surface area contributed by atoms with Crippen molar-refractivity contribution in [1.29, 1.82) is 0 Å². The summed E-state index contributed by atoms with van der Waals surface area (Å²) >= 11 is 0. The first kappa shape index (κ1) is 25.4. The largest absolute Gasteiger partial charge is 0.480 e. The number of pyridine rings is 2. The zero-order valence-electron chi connectivity index (χ0n) is 21.3. The molecule has 8 nitrogen and oxygen atoms in total. The van der Waals surface area contributed by atoms with E-state index in [0.29, 0.717) is 11.6 Å². The van der Waals surface area contributed by atoms with Crippen molar-refractivity contribution in [2.24, 2.45) is 7.05 Å². The maximum absolute atomic E-state index is 14.3. The Morgan fingerprint density at radius 2 is 1.65 bits per heavy atom. The van der Waals surface area contributed by atoms with Gasteiger partial charge in [-0.15, -0.1) is 0 Å². The van der Waals surface area contributed by atoms with Crippen LogP contribution in [0, 0.1) is 11.6 Å². The summed E-state index contributed by atoms with van der Waals surface area (Å²) in [5.41, 5.74) is 4.72. The van der Waals surface area contributed by atoms with Crippen LogP contribution >= 0.6 is 0 Å². The van der Waals surface area contributed by atoms with Crippen molar-refractivity contribution in [2.45, 2.75) is 4.90 Å². The zero-order valence-corrected chi connectivity index (χ0v) is 22.1. The summed E-state index contributed by atoms with van der Waals surface area (Å²) in [5.74, 6) is -2.11. The molecule has 0 radical (unpaired) electrons. The first-order valence-electron chi connectivity index (χ1n) is 12.1. The molecule has 1 N–H and O–H groups in total. The molecule has 6 aromatic rings. The van der Waals surface area contributed by atoms with Gasteiger partial charge in [0.15, 0.2) is 0 Å². The minimum atomic E-state index is -4.42. The number of anilines is 1. The van der Waals surface area contributed by atoms with Crippen LogP contribution in [0.5, 0.6) is 5.88 Å². The Morgan fingerprint density at radius 1 is 0.850 bits per heavy atom. The Bertz CT molecular complexity index is 2040. The second-order valence-electron chi connectivity index (χ2n) is 9.08. The van der Waals surface area contributed by atoms with Crippen molar-refractivity contribution >= 4 is 37.5 Å². The number of benzene rings is 3. The Balaban J connectivity index is 1.43. The highest BCUT2D eigenvalue weighted by atomic mass is 32.2. The molecule has 0 aliphatic rings. The number of hydrogen-bond acceptors (Lipinski definition) is 6. The maximum Gasteiger partial charge on any atom is 0.264 e. The van der Waals surface area contributed by atoms with E-state index in [1.165, 1.54) is 7.11 Å². The molecule has 0 spiro atoms. The second-order valence-corrected chi connectivity index (χ2v) is 10.7. The van der Waals surface area contributed by atoms with Crippen molar-refractivity contribution in [3.63, 3.8) is 0 Å². The number of para-hydroxylation sites is 1. The van der Waals surface area contributed by atoms with Crippen LogP contribution in [-0.2, 0) is 17.1 Å². The molecule has 40 heavy (non-hydrogen) atoms. The van der Waals surface area contributed by atoms with Crippen LogP contribution in [0.1, 0.15) is 0 Å². The number of fused-ring (bicyclic) bond motifs is 2. The molecule has 0 aliphatic heterocycles. The van der Waals surface area contributed by atoms with Gasteiger partial charge in [-0.3, -0.25) is 14.4 Å². The lowest BCUT2D eigenvalue weighted by Crippen LogP contribution is -2.15. The van der Waals surface area contributed by atoms with E-state index in [1.54, 1.807) is 16.9 Å². The molecule has 0 aliphatic carbocycles. The van der Waals surface area contributed by atoms with Gasteiger partial charge in [-0.25, -0.2) is 22.2 Å². The predicted octanol–water partition coefficient (Wildman–Crippen LogP) is 5.94. The second kappa shape index (κ2) is 9.69. The standard InChI is InChI=1S/C29H21F2N5O3S/c1-36-28(20-11-18-5-3-4-6-24(18)32-16-20)22-12-17(7-9-25(22)34-36)19-13-26(29(39-2)33-15-19)35-40(37,38)27-10-8-21(30)14-23(27)31/h3-16,35H,1-2H3. The summed E-state index contributed by atoms with van der Waals surface area (Å²) in [6, 6.07) is 19.3. The molecule has 0 saturated heterocycles. The first-order valence-corrected chi connectivity index (χ1v) is 13.6. The van der Waals surface area contributed by atoms with Gasteiger partial charge in [-0.05, 0) is 48.0 Å². The van der Waals surface area contributed by atoms with Gasteiger partial charge < -0.3 is 4.74 Å². The molecule has 0 atom stereocenters. The molecule has 0 unspecified atom stereocenters. The van der Waals surface area contributed by atoms with Gasteiger partial charge in [0.1, 0.15) is 22.2 Å². The number of rotatable bonds is 6. The number of nitrogens with one attached hydrogen (secondary N) is 1. The Morgan fingerprint density at radius 3 is 2.45 bits per heavy atom. The van der Waals surface area contributed by atoms with Gasteiger partial charge in [0.05, 0.1) is 23.8 Å². The van der Waals surface area contributed by atoms with Crippen molar-refractivity contribution < 1.29 is 21.9 Å². The average Bonchev–Trinajstić information content (AvgIpc) is 3.27. The van der Waals surface area contributed by atoms with E-state index in [0.717, 1.165) is 50.8 Å². The van der Waals surface area contributed by atoms with Gasteiger partial charge >= 0.3 is 0 Å². The fourth-order valence-electron chi connectivity index (χ4n) is 4.66. The molecule has 0 saturated carbocycles. The molecule has 3 aromatic heterocycles. The summed E-state index contributed by atoms with van der Waals surface area (Å²) in [7, 11) is -1.22. The number of halogens is 2. The smallest absolute Gasteiger partial charge is 0.264 e. The number of aryl methyl sites for hydroxylation is 1. The Hall–Kier alpha value is -4.90. The minimum absolute atomic E-state index is 0.00559. The molecule has 0 fully saturated rings. The number of sulfonamides is 1. The third-order valence-corrected chi connectivity index (χ3v) is 7.90. The van der Waals surface area contributed by atoms with Crippen LogP contribution in [-0.4, -0.2) is 35.3 Å². The van der Waals surface area contributed by atoms with Crippen LogP contribution in [0.3, 0.4) is 0 Å². The molecule has 3 aromatic carbocycles. The molecular formula is C29H21F2N5O3S. The fraction of sp³-hybridized carbons (Fsp3) is 0.0690. The van der Waals surface area contributed by atoms with E-state index in [4.69, 9.17) is 4.74 Å². The topological polar surface area (TPSA) is 99.0 Å². The van der Waals surface area contributed by atoms with E-state index in [9.17, 15) is 17.2 Å². The lowest BCUT2D eigenvalue weighted by molar-refractivity contribution is 0.400. The van der Waals surface area contributed by atoms with Gasteiger partial charge in [-0.1, -0.05) is 24.3 Å². The number of hydrogen-bond donors (Lipinski definition) is 1. The van der Waals surface area contributed by atoms with E-state index in [-0.39, 0.29) is 11.6 Å². The highest BCUT2D eigenvalue weighted by Gasteiger charge is 2.22. The lowest BCUT2D eigenvalue weighted by Gasteiger charge is -2.13. The molecule has 0 bridgehead atoms. The summed E-state index contributed by atoms with van der Waals surface area (Å²) in [5, 5.41) is 6.51. The molecule has 11 heteroatoms. The summed E-state index contributed by atoms with van der Waals surface area (Å²) in [6.45, 7) is 0. The number of ether oxygens (including phenoxy) is 1. The summed E-state index contributed by atoms with van der Waals surface area (Å²) in [4.78, 5) is 8.14. The van der Waals surface area contributed by atoms with E-state index in [2.05, 4.69) is 25.9 Å². The molecular weight excluding hydrogens is 536 g/mol. The van der Waals surface area contributed by atoms with Gasteiger partial charge in [0.2, 0.25) is 5.88 Å². The Labute approximate surface area is 227 Å². The lowest BCUT2D eigenvalue weighted by atomic mass is 10.0. The molecule has 6 rings (SSSR count). The monoisotopic (exact) mass is 557 g/mol. The maximum atomic E-state index is 14.3. The summed E-state index contributed by atoms with van der Waals surface area (Å²) in [6.07, 6.45) is 3.35. The third-order valence-electron chi connectivity index (χ3n) is 6.50. The summed E-state index contributed by atoms with van der Waals surface area (Å²) < 4.78 is 62.9. The number of nitrogens with zero attached hydrogens (tertiary/aromatic N) is 4. The first-order chi connectivity index (χ1) is 19.2. The molecule has 3 heterocycles. The average molecular weight is 558 g/mol. The van der Waals surface area contributed by atoms with Crippen molar-refractivity contribution in [1.82, 2.24) is 19.7 Å². The van der Waals surface area contributed by atoms with E-state index in [1.807, 2.05) is 55.7 Å². The van der Waals surface area contributed by atoms with Crippen LogP contribution in [0.15, 0.2) is 90.1 Å². The van der Waals surface area contributed by atoms with Gasteiger partial charge in [0.25, 0.3) is 10.0 Å². The molecule has 0 amide bonds. The SMILES string of the molecule is COc1ncc(-c2ccc3nn(C)c(-c4cnc5ccccc5c4)c3c2)cc1NS(=O)(=O)c1ccc(F)cc1F. The Kier molecular flexibility index (Phi) is 6.15. The van der Waals surface area contributed by atoms with Crippen LogP contribution in [0.4, 0.5) is 14.5 Å². The number of aromatic nitrogens is 4. The third kappa shape index (κ3) is 4.50. The van der Waals surface area contributed by atoms with Crippen LogP contribution < -0.4 is 9.46 Å². The van der Waals surface area contributed by atoms with Gasteiger partial charge in [0, 0.05) is 47.4 Å². The highest BCUT2D eigenvalue weighted by Crippen LogP contribution is 2.35. The van der Waals surface area contributed by atoms with Crippen LogP contribution in [0.2, 0.25) is 0 Å². The zero-order chi connectivity index (χ0) is 28.0. The van der Waals surface area contributed by atoms with Gasteiger partial charge in [-0.2, -0.15) is 5.10 Å². The quantitative estimate of drug-likeness (QED) is 0.272. The predicted molar refractivity (Wildman–Crippen MR) is 148 cm³/mol. The van der Waals surface area contributed by atoms with Crippen molar-refractivity contribution in [3.8, 4) is 28.3 Å². The van der Waals surface area contributed by atoms with Crippen LogP contribution in [0.25, 0.3) is 44.2 Å². The highest BCUT2D eigenvalue weighted by molar-refractivity contribution is 7.92. The van der Waals surface area contributed by atoms with Crippen molar-refractivity contribution in [3.05, 3.63) is 96.8 Å². The fourth-order valence-corrected chi connectivity index (χ4v) is 5.77. The molecule has 200 valence electrons. The normalized spacial score (nSPS) is 11.7. The van der Waals surface area contributed by atoms with Crippen molar-refractivity contribution in [2.75, 3.05) is 11.8 Å². The van der Waals surface area contributed by atoms with E-state index >= 15 is 0 Å². The van der Waals surface area contributed by atoms with E-state index < -0.39 is 26.6 Å².